The van der Waals surface area contributed by atoms with E-state index in [0.29, 0.717) is 12.0 Å². The Morgan fingerprint density at radius 3 is 2.69 bits per heavy atom. The predicted molar refractivity (Wildman–Crippen MR) is 52.9 cm³/mol. The molecule has 0 aliphatic heterocycles. The molecule has 4 heteroatoms. The highest BCUT2D eigenvalue weighted by molar-refractivity contribution is 5.06. The number of nitrogens with zero attached hydrogens (tertiary/aromatic N) is 2. The van der Waals surface area contributed by atoms with E-state index in [0.717, 1.165) is 6.42 Å². The molecule has 0 aromatic carbocycles. The number of hydrazine groups is 1. The maximum atomic E-state index is 5.45. The molecule has 0 radical (unpaired) electrons. The van der Waals surface area contributed by atoms with E-state index in [4.69, 9.17) is 5.84 Å². The van der Waals surface area contributed by atoms with Gasteiger partial charge in [0.1, 0.15) is 0 Å². The molecule has 74 valence electrons. The van der Waals surface area contributed by atoms with Crippen molar-refractivity contribution in [2.45, 2.75) is 26.3 Å². The minimum Gasteiger partial charge on any atom is -0.276 e. The van der Waals surface area contributed by atoms with E-state index < -0.39 is 0 Å². The lowest BCUT2D eigenvalue weighted by Crippen LogP contribution is -2.40. The van der Waals surface area contributed by atoms with Crippen molar-refractivity contribution < 1.29 is 0 Å². The smallest absolute Gasteiger partial charge is 0.0522 e. The Morgan fingerprint density at radius 2 is 2.31 bits per heavy atom. The fourth-order valence-corrected chi connectivity index (χ4v) is 1.32. The number of aryl methyl sites for hydroxylation is 1. The van der Waals surface area contributed by atoms with Crippen LogP contribution in [0.15, 0.2) is 12.4 Å². The molecule has 4 nitrogen and oxygen atoms in total. The number of nitrogens with two attached hydrogens (primary N) is 1. The maximum Gasteiger partial charge on any atom is 0.0522 e. The zero-order chi connectivity index (χ0) is 9.84. The van der Waals surface area contributed by atoms with Gasteiger partial charge in [0.15, 0.2) is 0 Å². The second kappa shape index (κ2) is 4.39. The summed E-state index contributed by atoms with van der Waals surface area (Å²) in [5, 5.41) is 4.11. The van der Waals surface area contributed by atoms with Crippen LogP contribution in [0.25, 0.3) is 0 Å². The molecular weight excluding hydrogens is 164 g/mol. The summed E-state index contributed by atoms with van der Waals surface area (Å²) in [5.74, 6) is 5.98. The second-order valence-electron chi connectivity index (χ2n) is 3.74. The van der Waals surface area contributed by atoms with Crippen LogP contribution in [0.5, 0.6) is 0 Å². The Hall–Kier alpha value is -0.870. The maximum absolute atomic E-state index is 5.45. The van der Waals surface area contributed by atoms with Gasteiger partial charge < -0.3 is 0 Å². The third kappa shape index (κ3) is 2.82. The quantitative estimate of drug-likeness (QED) is 0.525. The van der Waals surface area contributed by atoms with Gasteiger partial charge in [-0.2, -0.15) is 5.10 Å². The van der Waals surface area contributed by atoms with Crippen molar-refractivity contribution in [2.24, 2.45) is 18.8 Å². The summed E-state index contributed by atoms with van der Waals surface area (Å²) in [6.45, 7) is 4.31. The van der Waals surface area contributed by atoms with Crippen molar-refractivity contribution in [2.75, 3.05) is 0 Å². The monoisotopic (exact) mass is 182 g/mol. The van der Waals surface area contributed by atoms with Crippen molar-refractivity contribution in [3.05, 3.63) is 18.0 Å². The molecule has 0 saturated heterocycles. The van der Waals surface area contributed by atoms with Gasteiger partial charge in [-0.05, 0) is 17.9 Å². The number of aromatic nitrogens is 2. The Balaban J connectivity index is 2.56. The molecular formula is C9H18N4. The van der Waals surface area contributed by atoms with Crippen LogP contribution in [-0.2, 0) is 13.5 Å². The van der Waals surface area contributed by atoms with Gasteiger partial charge in [0.2, 0.25) is 0 Å². The highest BCUT2D eigenvalue weighted by atomic mass is 15.2. The van der Waals surface area contributed by atoms with Gasteiger partial charge in [-0.15, -0.1) is 0 Å². The molecule has 1 rings (SSSR count). The fourth-order valence-electron chi connectivity index (χ4n) is 1.32. The molecule has 1 aromatic heterocycles. The largest absolute Gasteiger partial charge is 0.276 e. The minimum atomic E-state index is 0.323. The van der Waals surface area contributed by atoms with E-state index in [1.165, 1.54) is 5.56 Å². The fraction of sp³-hybridized carbons (Fsp3) is 0.667. The lowest BCUT2D eigenvalue weighted by molar-refractivity contribution is 0.404. The third-order valence-corrected chi connectivity index (χ3v) is 2.23. The zero-order valence-corrected chi connectivity index (χ0v) is 8.49. The summed E-state index contributed by atoms with van der Waals surface area (Å²) in [4.78, 5) is 0. The SMILES string of the molecule is CC(C)C(Cc1cnn(C)c1)NN. The van der Waals surface area contributed by atoms with Crippen LogP contribution in [-0.4, -0.2) is 15.8 Å². The zero-order valence-electron chi connectivity index (χ0n) is 8.49. The first kappa shape index (κ1) is 10.2. The highest BCUT2D eigenvalue weighted by Gasteiger charge is 2.12. The van der Waals surface area contributed by atoms with E-state index in [1.54, 1.807) is 0 Å². The van der Waals surface area contributed by atoms with Crippen LogP contribution in [0.4, 0.5) is 0 Å². The van der Waals surface area contributed by atoms with E-state index in [9.17, 15) is 0 Å². The highest BCUT2D eigenvalue weighted by Crippen LogP contribution is 2.08. The molecule has 0 fully saturated rings. The van der Waals surface area contributed by atoms with Crippen LogP contribution in [0.1, 0.15) is 19.4 Å². The summed E-state index contributed by atoms with van der Waals surface area (Å²) >= 11 is 0. The van der Waals surface area contributed by atoms with Gasteiger partial charge in [0, 0.05) is 19.3 Å². The standard InChI is InChI=1S/C9H18N4/c1-7(2)9(12-10)4-8-5-11-13(3)6-8/h5-7,9,12H,4,10H2,1-3H3. The van der Waals surface area contributed by atoms with Gasteiger partial charge in [0.05, 0.1) is 6.20 Å². The van der Waals surface area contributed by atoms with E-state index >= 15 is 0 Å². The first-order chi connectivity index (χ1) is 6.13. The molecule has 1 atom stereocenters. The van der Waals surface area contributed by atoms with Gasteiger partial charge in [0.25, 0.3) is 0 Å². The molecule has 1 unspecified atom stereocenters. The molecule has 13 heavy (non-hydrogen) atoms. The predicted octanol–water partition coefficient (Wildman–Crippen LogP) is 0.451. The Bertz CT molecular complexity index is 254. The average molecular weight is 182 g/mol. The summed E-state index contributed by atoms with van der Waals surface area (Å²) in [7, 11) is 1.92. The normalized spacial score (nSPS) is 13.6. The van der Waals surface area contributed by atoms with E-state index in [-0.39, 0.29) is 0 Å². The first-order valence-corrected chi connectivity index (χ1v) is 4.57. The molecule has 3 N–H and O–H groups in total. The van der Waals surface area contributed by atoms with Crippen LogP contribution in [0, 0.1) is 5.92 Å². The van der Waals surface area contributed by atoms with Crippen LogP contribution in [0.2, 0.25) is 0 Å². The summed E-state index contributed by atoms with van der Waals surface area (Å²) < 4.78 is 1.81. The summed E-state index contributed by atoms with van der Waals surface area (Å²) in [6, 6.07) is 0.323. The van der Waals surface area contributed by atoms with E-state index in [1.807, 2.05) is 24.1 Å². The first-order valence-electron chi connectivity index (χ1n) is 4.57. The number of nitrogens with one attached hydrogen (secondary N) is 1. The Morgan fingerprint density at radius 1 is 1.62 bits per heavy atom. The van der Waals surface area contributed by atoms with Crippen LogP contribution >= 0.6 is 0 Å². The van der Waals surface area contributed by atoms with Gasteiger partial charge in [-0.1, -0.05) is 13.8 Å². The molecule has 0 spiro atoms. The summed E-state index contributed by atoms with van der Waals surface area (Å²) in [5.41, 5.74) is 4.04. The lowest BCUT2D eigenvalue weighted by atomic mass is 9.99. The second-order valence-corrected chi connectivity index (χ2v) is 3.74. The summed E-state index contributed by atoms with van der Waals surface area (Å²) in [6.07, 6.45) is 4.83. The van der Waals surface area contributed by atoms with Crippen LogP contribution < -0.4 is 11.3 Å². The molecule has 0 saturated carbocycles. The van der Waals surface area contributed by atoms with Gasteiger partial charge in [-0.25, -0.2) is 0 Å². The van der Waals surface area contributed by atoms with Gasteiger partial charge >= 0.3 is 0 Å². The molecule has 0 bridgehead atoms. The number of hydrogen-bond acceptors (Lipinski definition) is 3. The van der Waals surface area contributed by atoms with Crippen molar-refractivity contribution >= 4 is 0 Å². The molecule has 1 aromatic rings. The topological polar surface area (TPSA) is 55.9 Å². The number of hydrogen-bond donors (Lipinski definition) is 2. The molecule has 0 aliphatic carbocycles. The molecule has 0 amide bonds. The average Bonchev–Trinajstić information content (AvgIpc) is 2.46. The molecule has 0 aliphatic rings. The van der Waals surface area contributed by atoms with Crippen molar-refractivity contribution in [1.29, 1.82) is 0 Å². The Labute approximate surface area is 79.1 Å². The van der Waals surface area contributed by atoms with Gasteiger partial charge in [-0.3, -0.25) is 16.0 Å². The van der Waals surface area contributed by atoms with Crippen molar-refractivity contribution in [3.8, 4) is 0 Å². The Kier molecular flexibility index (Phi) is 3.45. The van der Waals surface area contributed by atoms with E-state index in [2.05, 4.69) is 24.4 Å². The minimum absolute atomic E-state index is 0.323. The van der Waals surface area contributed by atoms with Crippen molar-refractivity contribution in [1.82, 2.24) is 15.2 Å². The third-order valence-electron chi connectivity index (χ3n) is 2.23. The van der Waals surface area contributed by atoms with Crippen molar-refractivity contribution in [3.63, 3.8) is 0 Å². The van der Waals surface area contributed by atoms with Crippen LogP contribution in [0.3, 0.4) is 0 Å². The molecule has 1 heterocycles. The lowest BCUT2D eigenvalue weighted by Gasteiger charge is -2.18. The number of rotatable bonds is 4.